The van der Waals surface area contributed by atoms with Crippen LogP contribution in [0.3, 0.4) is 0 Å². The van der Waals surface area contributed by atoms with Gasteiger partial charge in [-0.1, -0.05) is 60.5 Å². The number of amides is 6. The summed E-state index contributed by atoms with van der Waals surface area (Å²) in [6.45, 7) is 5.94. The summed E-state index contributed by atoms with van der Waals surface area (Å²) in [6.07, 6.45) is 0.538. The van der Waals surface area contributed by atoms with Crippen LogP contribution in [0, 0.1) is 11.8 Å². The molecule has 0 radical (unpaired) electrons. The van der Waals surface area contributed by atoms with Crippen LogP contribution in [0.2, 0.25) is 0 Å². The SMILES string of the molecule is CCNC(=O)C#Cc1ccc2c(c1)NC(=O)/C2=C(\Nc1ccc(CNCCOCCOCCOCCC(=O)Nc2cccc3c2CN(C2CCC(=O)NC2=O)C3=O)cc1)c1ccccc1. The molecule has 0 aromatic heterocycles. The first-order valence-corrected chi connectivity index (χ1v) is 21.6. The minimum atomic E-state index is -0.731. The summed E-state index contributed by atoms with van der Waals surface area (Å²) >= 11 is 0. The molecule has 0 bridgehead atoms. The van der Waals surface area contributed by atoms with Crippen LogP contribution in [0.1, 0.15) is 64.4 Å². The molecule has 6 amide bonds. The Balaban J connectivity index is 0.767. The highest BCUT2D eigenvalue weighted by Gasteiger charge is 2.40. The highest BCUT2D eigenvalue weighted by molar-refractivity contribution is 6.37. The van der Waals surface area contributed by atoms with E-state index in [0.717, 1.165) is 22.4 Å². The number of hydrogen-bond donors (Lipinski definition) is 6. The minimum Gasteiger partial charge on any atom is -0.379 e. The van der Waals surface area contributed by atoms with E-state index < -0.39 is 11.9 Å². The number of piperidine rings is 1. The zero-order valence-electron chi connectivity index (χ0n) is 36.1. The lowest BCUT2D eigenvalue weighted by Crippen LogP contribution is -2.52. The van der Waals surface area contributed by atoms with E-state index in [1.807, 2.05) is 67.6 Å². The molecule has 4 aromatic carbocycles. The molecule has 6 N–H and O–H groups in total. The molecular formula is C49H51N7O9. The molecule has 0 aliphatic carbocycles. The number of carbonyl (C=O) groups is 6. The second kappa shape index (κ2) is 22.5. The van der Waals surface area contributed by atoms with Crippen LogP contribution in [-0.4, -0.2) is 99.1 Å². The van der Waals surface area contributed by atoms with E-state index in [1.54, 1.807) is 30.3 Å². The van der Waals surface area contributed by atoms with E-state index in [0.29, 0.717) is 92.0 Å². The lowest BCUT2D eigenvalue weighted by Gasteiger charge is -2.29. The van der Waals surface area contributed by atoms with Crippen LogP contribution in [0.25, 0.3) is 11.3 Å². The number of ether oxygens (including phenoxy) is 3. The van der Waals surface area contributed by atoms with Gasteiger partial charge in [-0.15, -0.1) is 0 Å². The van der Waals surface area contributed by atoms with Gasteiger partial charge in [-0.3, -0.25) is 34.1 Å². The summed E-state index contributed by atoms with van der Waals surface area (Å²) in [5, 5.41) is 17.6. The molecule has 4 aromatic rings. The zero-order valence-corrected chi connectivity index (χ0v) is 36.1. The van der Waals surface area contributed by atoms with Gasteiger partial charge in [0.2, 0.25) is 17.7 Å². The number of benzene rings is 4. The molecule has 7 rings (SSSR count). The minimum absolute atomic E-state index is 0.108. The predicted molar refractivity (Wildman–Crippen MR) is 244 cm³/mol. The van der Waals surface area contributed by atoms with Gasteiger partial charge in [0.05, 0.1) is 63.0 Å². The Morgan fingerprint density at radius 2 is 1.55 bits per heavy atom. The lowest BCUT2D eigenvalue weighted by molar-refractivity contribution is -0.137. The molecule has 3 aliphatic heterocycles. The zero-order chi connectivity index (χ0) is 45.5. The molecule has 16 nitrogen and oxygen atoms in total. The van der Waals surface area contributed by atoms with E-state index in [9.17, 15) is 28.8 Å². The Kier molecular flexibility index (Phi) is 15.8. The van der Waals surface area contributed by atoms with Crippen molar-refractivity contribution in [3.8, 4) is 11.8 Å². The van der Waals surface area contributed by atoms with Gasteiger partial charge in [0, 0.05) is 72.1 Å². The van der Waals surface area contributed by atoms with Gasteiger partial charge in [0.25, 0.3) is 17.7 Å². The van der Waals surface area contributed by atoms with Crippen molar-refractivity contribution >= 4 is 63.8 Å². The van der Waals surface area contributed by atoms with E-state index in [2.05, 4.69) is 43.7 Å². The number of rotatable bonds is 20. The number of carbonyl (C=O) groups excluding carboxylic acids is 6. The molecule has 1 fully saturated rings. The molecule has 16 heteroatoms. The van der Waals surface area contributed by atoms with Crippen LogP contribution in [0.5, 0.6) is 0 Å². The molecule has 0 spiro atoms. The molecular weight excluding hydrogens is 831 g/mol. The average molecular weight is 882 g/mol. The monoisotopic (exact) mass is 881 g/mol. The molecule has 65 heavy (non-hydrogen) atoms. The van der Waals surface area contributed by atoms with Crippen molar-refractivity contribution in [3.63, 3.8) is 0 Å². The van der Waals surface area contributed by atoms with E-state index in [4.69, 9.17) is 14.2 Å². The highest BCUT2D eigenvalue weighted by Crippen LogP contribution is 2.38. The fourth-order valence-corrected chi connectivity index (χ4v) is 7.57. The lowest BCUT2D eigenvalue weighted by atomic mass is 9.99. The van der Waals surface area contributed by atoms with Crippen molar-refractivity contribution in [1.82, 2.24) is 20.9 Å². The highest BCUT2D eigenvalue weighted by atomic mass is 16.5. The van der Waals surface area contributed by atoms with Crippen molar-refractivity contribution < 1.29 is 43.0 Å². The maximum absolute atomic E-state index is 13.4. The van der Waals surface area contributed by atoms with Crippen LogP contribution in [-0.2, 0) is 51.3 Å². The third-order valence-corrected chi connectivity index (χ3v) is 10.8. The van der Waals surface area contributed by atoms with Crippen molar-refractivity contribution in [1.29, 1.82) is 0 Å². The van der Waals surface area contributed by atoms with Crippen LogP contribution in [0.15, 0.2) is 91.0 Å². The van der Waals surface area contributed by atoms with Gasteiger partial charge in [-0.25, -0.2) is 0 Å². The van der Waals surface area contributed by atoms with Gasteiger partial charge in [-0.05, 0) is 60.9 Å². The first kappa shape index (κ1) is 45.9. The number of anilines is 3. The number of hydrogen-bond acceptors (Lipinski definition) is 11. The van der Waals surface area contributed by atoms with E-state index in [-0.39, 0.29) is 62.0 Å². The van der Waals surface area contributed by atoms with Gasteiger partial charge in [0.1, 0.15) is 6.04 Å². The second-order valence-electron chi connectivity index (χ2n) is 15.3. The Labute approximate surface area is 376 Å². The van der Waals surface area contributed by atoms with Crippen LogP contribution >= 0.6 is 0 Å². The molecule has 1 saturated heterocycles. The Morgan fingerprint density at radius 1 is 0.800 bits per heavy atom. The van der Waals surface area contributed by atoms with Crippen molar-refractivity contribution in [2.45, 2.75) is 45.3 Å². The summed E-state index contributed by atoms with van der Waals surface area (Å²) in [5.41, 5.74) is 7.48. The van der Waals surface area contributed by atoms with E-state index in [1.165, 1.54) is 4.90 Å². The molecule has 0 saturated carbocycles. The summed E-state index contributed by atoms with van der Waals surface area (Å²) in [4.78, 5) is 76.4. The number of nitrogens with one attached hydrogen (secondary N) is 6. The van der Waals surface area contributed by atoms with Gasteiger partial charge < -0.3 is 45.7 Å². The first-order chi connectivity index (χ1) is 31.7. The Morgan fingerprint density at radius 3 is 2.31 bits per heavy atom. The summed E-state index contributed by atoms with van der Waals surface area (Å²) < 4.78 is 16.9. The fraction of sp³-hybridized carbons (Fsp3) is 0.306. The predicted octanol–water partition coefficient (Wildman–Crippen LogP) is 4.04. The first-order valence-electron chi connectivity index (χ1n) is 21.6. The Bertz CT molecular complexity index is 2510. The molecule has 3 aliphatic rings. The van der Waals surface area contributed by atoms with Gasteiger partial charge in [-0.2, -0.15) is 0 Å². The normalized spacial score (nSPS) is 15.9. The average Bonchev–Trinajstić information content (AvgIpc) is 3.82. The van der Waals surface area contributed by atoms with Crippen molar-refractivity contribution in [2.75, 3.05) is 68.7 Å². The molecule has 3 heterocycles. The summed E-state index contributed by atoms with van der Waals surface area (Å²) in [7, 11) is 0. The Hall–Kier alpha value is -7.16. The molecule has 1 atom stereocenters. The van der Waals surface area contributed by atoms with Crippen molar-refractivity contribution in [3.05, 3.63) is 124 Å². The third-order valence-electron chi connectivity index (χ3n) is 10.8. The second-order valence-corrected chi connectivity index (χ2v) is 15.3. The topological polar surface area (TPSA) is 206 Å². The molecule has 336 valence electrons. The maximum atomic E-state index is 13.4. The quantitative estimate of drug-likeness (QED) is 0.0324. The van der Waals surface area contributed by atoms with E-state index >= 15 is 0 Å². The standard InChI is InChI=1S/C49H51N7O9/c1-2-51-42(57)19-14-32-13-17-37-40(29-32)54-48(61)45(37)46(34-7-4-3-5-8-34)52-35-15-11-33(12-16-35)30-50-22-24-64-26-28-65-27-25-63-23-21-44(59)53-39-10-6-9-36-38(39)31-56(49(36)62)41-18-20-43(58)55-47(41)60/h3-13,15-17,29,41,50,52H,2,18,20-28,30-31H2,1H3,(H,51,57)(H,53,59)(H,54,61)(H,55,58,60)/b46-45-. The van der Waals surface area contributed by atoms with Gasteiger partial charge in [0.15, 0.2) is 0 Å². The molecule has 1 unspecified atom stereocenters. The van der Waals surface area contributed by atoms with Crippen LogP contribution < -0.4 is 31.9 Å². The third kappa shape index (κ3) is 12.1. The summed E-state index contributed by atoms with van der Waals surface area (Å²) in [6, 6.07) is 27.4. The summed E-state index contributed by atoms with van der Waals surface area (Å²) in [5.74, 6) is 3.43. The number of imide groups is 1. The maximum Gasteiger partial charge on any atom is 0.296 e. The largest absolute Gasteiger partial charge is 0.379 e. The fourth-order valence-electron chi connectivity index (χ4n) is 7.57. The number of fused-ring (bicyclic) bond motifs is 2. The van der Waals surface area contributed by atoms with Crippen LogP contribution in [0.4, 0.5) is 17.1 Å². The smallest absolute Gasteiger partial charge is 0.296 e. The van der Waals surface area contributed by atoms with Gasteiger partial charge >= 0.3 is 0 Å². The number of nitrogens with zero attached hydrogens (tertiary/aromatic N) is 1. The van der Waals surface area contributed by atoms with Crippen molar-refractivity contribution in [2.24, 2.45) is 0 Å².